The van der Waals surface area contributed by atoms with Crippen molar-refractivity contribution in [2.45, 2.75) is 6.61 Å². The van der Waals surface area contributed by atoms with Crippen LogP contribution in [0.25, 0.3) is 11.3 Å². The number of nitrogens with zero attached hydrogens (tertiary/aromatic N) is 2. The number of amides is 1. The Bertz CT molecular complexity index is 923. The van der Waals surface area contributed by atoms with Crippen LogP contribution in [0.3, 0.4) is 0 Å². The Morgan fingerprint density at radius 2 is 1.88 bits per heavy atom. The van der Waals surface area contributed by atoms with Gasteiger partial charge in [-0.05, 0) is 29.8 Å². The number of rotatable bonds is 5. The Kier molecular flexibility index (Phi) is 4.73. The number of thioether (sulfide) groups is 1. The molecule has 0 aliphatic carbocycles. The van der Waals surface area contributed by atoms with Gasteiger partial charge < -0.3 is 4.74 Å². The maximum atomic E-state index is 11.9. The van der Waals surface area contributed by atoms with E-state index in [1.54, 1.807) is 0 Å². The van der Waals surface area contributed by atoms with Crippen LogP contribution in [0.2, 0.25) is 0 Å². The number of carbonyl (C=O) groups is 1. The summed E-state index contributed by atoms with van der Waals surface area (Å²) in [6.07, 6.45) is 0. The van der Waals surface area contributed by atoms with Crippen LogP contribution in [0.15, 0.2) is 60.0 Å². The largest absolute Gasteiger partial charge is 0.489 e. The molecule has 130 valence electrons. The molecule has 0 bridgehead atoms. The number of hydrogen-bond donors (Lipinski definition) is 1. The second kappa shape index (κ2) is 7.31. The Hall–Kier alpha value is -2.64. The number of nitrogens with one attached hydrogen (secondary N) is 1. The lowest BCUT2D eigenvalue weighted by atomic mass is 10.2. The molecule has 26 heavy (non-hydrogen) atoms. The average Bonchev–Trinajstić information content (AvgIpc) is 3.28. The van der Waals surface area contributed by atoms with Gasteiger partial charge in [0.05, 0.1) is 11.4 Å². The molecule has 5 nitrogen and oxygen atoms in total. The molecule has 3 aromatic rings. The Labute approximate surface area is 159 Å². The first-order valence-corrected chi connectivity index (χ1v) is 9.84. The van der Waals surface area contributed by atoms with Crippen LogP contribution in [-0.4, -0.2) is 21.8 Å². The van der Waals surface area contributed by atoms with Gasteiger partial charge in [0.1, 0.15) is 12.4 Å². The lowest BCUT2D eigenvalue weighted by Gasteiger charge is -2.09. The van der Waals surface area contributed by atoms with Gasteiger partial charge in [-0.25, -0.2) is 9.88 Å². The first kappa shape index (κ1) is 16.8. The molecular formula is C19H15N3O2S2. The molecule has 1 N–H and O–H groups in total. The van der Waals surface area contributed by atoms with E-state index < -0.39 is 0 Å². The minimum absolute atomic E-state index is 0.0921. The van der Waals surface area contributed by atoms with E-state index in [1.165, 1.54) is 28.0 Å². The summed E-state index contributed by atoms with van der Waals surface area (Å²) < 4.78 is 5.80. The third kappa shape index (κ3) is 3.49. The monoisotopic (exact) mass is 381 g/mol. The van der Waals surface area contributed by atoms with Crippen molar-refractivity contribution in [1.82, 2.24) is 4.98 Å². The standard InChI is InChI=1S/C19H15N3O2S2/c20-18-22(17(23)12-25-18)19-21-16(11-26-19)14-6-8-15(9-7-14)24-10-13-4-2-1-3-5-13/h1-9,11,20H,10,12H2. The fraction of sp³-hybridized carbons (Fsp3) is 0.105. The van der Waals surface area contributed by atoms with Crippen LogP contribution in [0.1, 0.15) is 5.56 Å². The number of ether oxygens (including phenoxy) is 1. The molecule has 0 radical (unpaired) electrons. The molecule has 1 aromatic heterocycles. The zero-order valence-electron chi connectivity index (χ0n) is 13.7. The first-order valence-electron chi connectivity index (χ1n) is 7.98. The van der Waals surface area contributed by atoms with Crippen LogP contribution in [0.4, 0.5) is 5.13 Å². The maximum absolute atomic E-state index is 11.9. The van der Waals surface area contributed by atoms with Crippen LogP contribution in [-0.2, 0) is 11.4 Å². The molecule has 4 rings (SSSR count). The quantitative estimate of drug-likeness (QED) is 0.711. The zero-order chi connectivity index (χ0) is 17.9. The van der Waals surface area contributed by atoms with Gasteiger partial charge in [-0.1, -0.05) is 42.1 Å². The van der Waals surface area contributed by atoms with Crippen molar-refractivity contribution in [3.63, 3.8) is 0 Å². The number of carbonyl (C=O) groups excluding carboxylic acids is 1. The summed E-state index contributed by atoms with van der Waals surface area (Å²) in [5, 5.41) is 10.5. The minimum atomic E-state index is -0.0921. The SMILES string of the molecule is N=C1SCC(=O)N1c1nc(-c2ccc(OCc3ccccc3)cc2)cs1. The summed E-state index contributed by atoms with van der Waals surface area (Å²) in [6, 6.07) is 17.7. The summed E-state index contributed by atoms with van der Waals surface area (Å²) >= 11 is 2.60. The molecule has 2 aromatic carbocycles. The molecule has 0 spiro atoms. The Morgan fingerprint density at radius 1 is 1.12 bits per heavy atom. The predicted molar refractivity (Wildman–Crippen MR) is 106 cm³/mol. The second-order valence-corrected chi connectivity index (χ2v) is 7.44. The van der Waals surface area contributed by atoms with E-state index in [9.17, 15) is 4.79 Å². The fourth-order valence-electron chi connectivity index (χ4n) is 2.53. The highest BCUT2D eigenvalue weighted by Gasteiger charge is 2.30. The Morgan fingerprint density at radius 3 is 2.58 bits per heavy atom. The maximum Gasteiger partial charge on any atom is 0.245 e. The zero-order valence-corrected chi connectivity index (χ0v) is 15.3. The highest BCUT2D eigenvalue weighted by Crippen LogP contribution is 2.32. The van der Waals surface area contributed by atoms with Gasteiger partial charge in [0, 0.05) is 10.9 Å². The molecule has 1 aliphatic rings. The van der Waals surface area contributed by atoms with Gasteiger partial charge in [-0.2, -0.15) is 0 Å². The van der Waals surface area contributed by atoms with Crippen molar-refractivity contribution in [3.05, 3.63) is 65.5 Å². The Balaban J connectivity index is 1.45. The smallest absolute Gasteiger partial charge is 0.245 e. The predicted octanol–water partition coefficient (Wildman–Crippen LogP) is 4.40. The summed E-state index contributed by atoms with van der Waals surface area (Å²) in [5.74, 6) is 1.01. The fourth-order valence-corrected chi connectivity index (χ4v) is 4.15. The van der Waals surface area contributed by atoms with E-state index in [0.29, 0.717) is 17.5 Å². The van der Waals surface area contributed by atoms with Crippen molar-refractivity contribution >= 4 is 39.3 Å². The van der Waals surface area contributed by atoms with E-state index in [4.69, 9.17) is 10.1 Å². The first-order chi connectivity index (χ1) is 12.7. The molecule has 2 heterocycles. The van der Waals surface area contributed by atoms with E-state index in [2.05, 4.69) is 4.98 Å². The van der Waals surface area contributed by atoms with Crippen molar-refractivity contribution in [2.75, 3.05) is 10.7 Å². The van der Waals surface area contributed by atoms with Crippen LogP contribution >= 0.6 is 23.1 Å². The molecule has 1 saturated heterocycles. The van der Waals surface area contributed by atoms with Gasteiger partial charge in [0.25, 0.3) is 0 Å². The third-order valence-electron chi connectivity index (χ3n) is 3.87. The molecule has 0 unspecified atom stereocenters. The van der Waals surface area contributed by atoms with Gasteiger partial charge in [0.15, 0.2) is 10.3 Å². The molecule has 0 saturated carbocycles. The van der Waals surface area contributed by atoms with Crippen LogP contribution in [0, 0.1) is 5.41 Å². The topological polar surface area (TPSA) is 66.3 Å². The molecule has 1 aliphatic heterocycles. The molecular weight excluding hydrogens is 366 g/mol. The lowest BCUT2D eigenvalue weighted by Crippen LogP contribution is -2.28. The normalized spacial score (nSPS) is 14.1. The number of anilines is 1. The number of benzene rings is 2. The number of aromatic nitrogens is 1. The van der Waals surface area contributed by atoms with Gasteiger partial charge in [-0.15, -0.1) is 11.3 Å². The van der Waals surface area contributed by atoms with E-state index in [-0.39, 0.29) is 11.1 Å². The van der Waals surface area contributed by atoms with E-state index >= 15 is 0 Å². The minimum Gasteiger partial charge on any atom is -0.489 e. The lowest BCUT2D eigenvalue weighted by molar-refractivity contribution is -0.115. The van der Waals surface area contributed by atoms with Crippen molar-refractivity contribution < 1.29 is 9.53 Å². The summed E-state index contributed by atoms with van der Waals surface area (Å²) in [5.41, 5.74) is 2.86. The number of amidine groups is 1. The average molecular weight is 381 g/mol. The summed E-state index contributed by atoms with van der Waals surface area (Å²) in [7, 11) is 0. The van der Waals surface area contributed by atoms with Crippen LogP contribution < -0.4 is 9.64 Å². The molecule has 7 heteroatoms. The van der Waals surface area contributed by atoms with Gasteiger partial charge in [0.2, 0.25) is 5.91 Å². The van der Waals surface area contributed by atoms with Gasteiger partial charge >= 0.3 is 0 Å². The van der Waals surface area contributed by atoms with Crippen LogP contribution in [0.5, 0.6) is 5.75 Å². The van der Waals surface area contributed by atoms with E-state index in [1.807, 2.05) is 60.0 Å². The summed E-state index contributed by atoms with van der Waals surface area (Å²) in [6.45, 7) is 0.526. The number of hydrogen-bond acceptors (Lipinski definition) is 6. The number of thiazole rings is 1. The molecule has 0 atom stereocenters. The molecule has 1 amide bonds. The van der Waals surface area contributed by atoms with Crippen molar-refractivity contribution in [2.24, 2.45) is 0 Å². The third-order valence-corrected chi connectivity index (χ3v) is 5.54. The van der Waals surface area contributed by atoms with E-state index in [0.717, 1.165) is 22.6 Å². The highest BCUT2D eigenvalue weighted by molar-refractivity contribution is 8.15. The van der Waals surface area contributed by atoms with Gasteiger partial charge in [-0.3, -0.25) is 10.2 Å². The summed E-state index contributed by atoms with van der Waals surface area (Å²) in [4.78, 5) is 17.8. The van der Waals surface area contributed by atoms with Crippen molar-refractivity contribution in [3.8, 4) is 17.0 Å². The highest BCUT2D eigenvalue weighted by atomic mass is 32.2. The molecule has 1 fully saturated rings. The van der Waals surface area contributed by atoms with Crippen molar-refractivity contribution in [1.29, 1.82) is 5.41 Å². The second-order valence-electron chi connectivity index (χ2n) is 5.64.